The van der Waals surface area contributed by atoms with Crippen LogP contribution in [0.25, 0.3) is 0 Å². The van der Waals surface area contributed by atoms with Gasteiger partial charge >= 0.3 is 6.09 Å². The number of piperidine rings is 2. The van der Waals surface area contributed by atoms with Gasteiger partial charge in [-0.1, -0.05) is 13.8 Å². The number of nitrogens with zero attached hydrogens (tertiary/aromatic N) is 3. The molecule has 1 unspecified atom stereocenters. The highest BCUT2D eigenvalue weighted by atomic mass is 16.6. The summed E-state index contributed by atoms with van der Waals surface area (Å²) in [6, 6.07) is 0. The Kier molecular flexibility index (Phi) is 5.56. The van der Waals surface area contributed by atoms with E-state index in [1.165, 1.54) is 0 Å². The summed E-state index contributed by atoms with van der Waals surface area (Å²) in [5.74, 6) is 1.02. The van der Waals surface area contributed by atoms with Crippen molar-refractivity contribution in [3.05, 3.63) is 0 Å². The van der Waals surface area contributed by atoms with E-state index >= 15 is 0 Å². The molecule has 0 saturated carbocycles. The van der Waals surface area contributed by atoms with Crippen LogP contribution in [0.3, 0.4) is 0 Å². The third-order valence-electron chi connectivity index (χ3n) is 5.98. The molecular formula is C19H33N3O3. The van der Waals surface area contributed by atoms with Crippen molar-refractivity contribution in [2.24, 2.45) is 11.8 Å². The maximum absolute atomic E-state index is 12.8. The summed E-state index contributed by atoms with van der Waals surface area (Å²) in [6.45, 7) is 9.19. The molecule has 3 fully saturated rings. The second kappa shape index (κ2) is 7.52. The number of likely N-dealkylation sites (tertiary alicyclic amines) is 2. The summed E-state index contributed by atoms with van der Waals surface area (Å²) in [4.78, 5) is 31.1. The molecule has 6 nitrogen and oxygen atoms in total. The smallest absolute Gasteiger partial charge is 0.410 e. The molecule has 3 rings (SSSR count). The van der Waals surface area contributed by atoms with E-state index in [0.29, 0.717) is 31.5 Å². The van der Waals surface area contributed by atoms with Crippen LogP contribution in [0.4, 0.5) is 4.79 Å². The third kappa shape index (κ3) is 4.27. The topological polar surface area (TPSA) is 53.1 Å². The molecule has 0 aliphatic carbocycles. The Morgan fingerprint density at radius 3 is 2.64 bits per heavy atom. The van der Waals surface area contributed by atoms with Gasteiger partial charge in [0.15, 0.2) is 0 Å². The van der Waals surface area contributed by atoms with Crippen molar-refractivity contribution >= 4 is 12.0 Å². The highest BCUT2D eigenvalue weighted by molar-refractivity contribution is 5.79. The van der Waals surface area contributed by atoms with Crippen molar-refractivity contribution in [1.29, 1.82) is 0 Å². The lowest BCUT2D eigenvalue weighted by molar-refractivity contribution is -0.140. The van der Waals surface area contributed by atoms with E-state index in [1.807, 2.05) is 9.80 Å². The van der Waals surface area contributed by atoms with E-state index in [1.54, 1.807) is 0 Å². The van der Waals surface area contributed by atoms with Crippen LogP contribution < -0.4 is 0 Å². The van der Waals surface area contributed by atoms with Crippen LogP contribution in [0.5, 0.6) is 0 Å². The zero-order chi connectivity index (χ0) is 18.0. The molecule has 2 amide bonds. The van der Waals surface area contributed by atoms with Crippen molar-refractivity contribution in [1.82, 2.24) is 14.7 Å². The Morgan fingerprint density at radius 1 is 1.28 bits per heavy atom. The van der Waals surface area contributed by atoms with E-state index < -0.39 is 0 Å². The maximum Gasteiger partial charge on any atom is 0.410 e. The molecule has 25 heavy (non-hydrogen) atoms. The van der Waals surface area contributed by atoms with Crippen molar-refractivity contribution in [3.63, 3.8) is 0 Å². The third-order valence-corrected chi connectivity index (χ3v) is 5.98. The molecule has 3 saturated heterocycles. The summed E-state index contributed by atoms with van der Waals surface area (Å²) >= 11 is 0. The van der Waals surface area contributed by atoms with Gasteiger partial charge in [0.2, 0.25) is 5.91 Å². The van der Waals surface area contributed by atoms with E-state index in [-0.39, 0.29) is 17.6 Å². The minimum atomic E-state index is -0.367. The summed E-state index contributed by atoms with van der Waals surface area (Å²) in [5, 5.41) is 0. The van der Waals surface area contributed by atoms with Crippen LogP contribution in [-0.2, 0) is 9.53 Å². The van der Waals surface area contributed by atoms with Gasteiger partial charge in [-0.3, -0.25) is 4.79 Å². The molecule has 0 aromatic carbocycles. The van der Waals surface area contributed by atoms with Crippen molar-refractivity contribution in [2.45, 2.75) is 51.6 Å². The molecule has 1 atom stereocenters. The van der Waals surface area contributed by atoms with Gasteiger partial charge in [0.25, 0.3) is 0 Å². The fourth-order valence-corrected chi connectivity index (χ4v) is 4.30. The Hall–Kier alpha value is -1.30. The molecule has 0 radical (unpaired) electrons. The zero-order valence-electron chi connectivity index (χ0n) is 16.0. The molecule has 3 aliphatic heterocycles. The maximum atomic E-state index is 12.8. The molecule has 0 bridgehead atoms. The molecule has 3 aliphatic rings. The molecule has 142 valence electrons. The lowest BCUT2D eigenvalue weighted by Gasteiger charge is -2.40. The van der Waals surface area contributed by atoms with Gasteiger partial charge in [-0.05, 0) is 38.8 Å². The lowest BCUT2D eigenvalue weighted by atomic mass is 9.89. The average Bonchev–Trinajstić information content (AvgIpc) is 2.88. The number of amides is 2. The van der Waals surface area contributed by atoms with Crippen LogP contribution in [0.2, 0.25) is 0 Å². The van der Waals surface area contributed by atoms with Gasteiger partial charge in [0, 0.05) is 39.0 Å². The van der Waals surface area contributed by atoms with Crippen LogP contribution in [0.1, 0.15) is 46.0 Å². The first kappa shape index (κ1) is 18.5. The van der Waals surface area contributed by atoms with E-state index in [9.17, 15) is 9.59 Å². The van der Waals surface area contributed by atoms with Crippen LogP contribution in [0.15, 0.2) is 0 Å². The summed E-state index contributed by atoms with van der Waals surface area (Å²) in [6.07, 6.45) is 4.48. The van der Waals surface area contributed by atoms with Crippen molar-refractivity contribution in [2.75, 3.05) is 46.3 Å². The van der Waals surface area contributed by atoms with E-state index in [2.05, 4.69) is 25.8 Å². The first-order chi connectivity index (χ1) is 11.9. The number of hydrogen-bond donors (Lipinski definition) is 0. The second-order valence-electron chi connectivity index (χ2n) is 8.58. The molecule has 0 aromatic heterocycles. The van der Waals surface area contributed by atoms with Gasteiger partial charge in [-0.25, -0.2) is 4.79 Å². The summed E-state index contributed by atoms with van der Waals surface area (Å²) in [5.41, 5.74) is -0.367. The average molecular weight is 351 g/mol. The Labute approximate surface area is 151 Å². The highest BCUT2D eigenvalue weighted by Gasteiger charge is 2.47. The fraction of sp³-hybridized carbons (Fsp3) is 0.895. The molecular weight excluding hydrogens is 318 g/mol. The minimum Gasteiger partial charge on any atom is -0.441 e. The number of carbonyl (C=O) groups is 2. The monoisotopic (exact) mass is 351 g/mol. The van der Waals surface area contributed by atoms with Gasteiger partial charge in [0.1, 0.15) is 5.60 Å². The van der Waals surface area contributed by atoms with E-state index in [0.717, 1.165) is 51.7 Å². The van der Waals surface area contributed by atoms with Gasteiger partial charge in [-0.15, -0.1) is 0 Å². The Bertz CT molecular complexity index is 500. The fourth-order valence-electron chi connectivity index (χ4n) is 4.30. The molecule has 0 N–H and O–H groups in total. The summed E-state index contributed by atoms with van der Waals surface area (Å²) in [7, 11) is 2.09. The van der Waals surface area contributed by atoms with Crippen LogP contribution >= 0.6 is 0 Å². The molecule has 3 heterocycles. The normalized spacial score (nSPS) is 27.2. The Balaban J connectivity index is 1.51. The van der Waals surface area contributed by atoms with Gasteiger partial charge < -0.3 is 19.4 Å². The number of ether oxygens (including phenoxy) is 1. The predicted octanol–water partition coefficient (Wildman–Crippen LogP) is 2.19. The SMILES string of the molecule is CC(C)CCN1CC2(CCN(C(=O)C3CCCN(C)C3)CC2)OC1=O. The van der Waals surface area contributed by atoms with Crippen LogP contribution in [0, 0.1) is 11.8 Å². The van der Waals surface area contributed by atoms with E-state index in [4.69, 9.17) is 4.74 Å². The first-order valence-corrected chi connectivity index (χ1v) is 9.84. The molecule has 1 spiro atoms. The largest absolute Gasteiger partial charge is 0.441 e. The zero-order valence-corrected chi connectivity index (χ0v) is 16.0. The molecule has 6 heteroatoms. The summed E-state index contributed by atoms with van der Waals surface area (Å²) < 4.78 is 5.77. The first-order valence-electron chi connectivity index (χ1n) is 9.84. The standard InChI is InChI=1S/C19H33N3O3/c1-15(2)6-10-22-14-19(25-18(22)24)7-11-21(12-8-19)17(23)16-5-4-9-20(3)13-16/h15-16H,4-14H2,1-3H3. The van der Waals surface area contributed by atoms with Gasteiger partial charge in [-0.2, -0.15) is 0 Å². The highest BCUT2D eigenvalue weighted by Crippen LogP contribution is 2.34. The van der Waals surface area contributed by atoms with Crippen molar-refractivity contribution in [3.8, 4) is 0 Å². The second-order valence-corrected chi connectivity index (χ2v) is 8.58. The van der Waals surface area contributed by atoms with Crippen LogP contribution in [-0.4, -0.2) is 78.6 Å². The number of rotatable bonds is 4. The predicted molar refractivity (Wildman–Crippen MR) is 96.3 cm³/mol. The number of hydrogen-bond acceptors (Lipinski definition) is 4. The number of carbonyl (C=O) groups excluding carboxylic acids is 2. The molecule has 0 aromatic rings. The van der Waals surface area contributed by atoms with Crippen molar-refractivity contribution < 1.29 is 14.3 Å². The minimum absolute atomic E-state index is 0.140. The van der Waals surface area contributed by atoms with Gasteiger partial charge in [0.05, 0.1) is 12.5 Å². The Morgan fingerprint density at radius 2 is 2.00 bits per heavy atom. The quantitative estimate of drug-likeness (QED) is 0.779. The lowest BCUT2D eigenvalue weighted by Crippen LogP contribution is -2.51.